The number of para-hydroxylation sites is 1. The van der Waals surface area contributed by atoms with Crippen LogP contribution < -0.4 is 10.6 Å². The number of fused-ring (bicyclic) bond motifs is 2. The molecule has 6 nitrogen and oxygen atoms in total. The molecule has 1 aromatic heterocycles. The molecule has 4 rings (SSSR count). The number of pyridine rings is 1. The molecule has 2 N–H and O–H groups in total. The number of nitrogens with one attached hydrogen (secondary N) is 2. The van der Waals surface area contributed by atoms with E-state index < -0.39 is 11.9 Å². The normalized spacial score (nSPS) is 19.6. The molecule has 1 aliphatic carbocycles. The summed E-state index contributed by atoms with van der Waals surface area (Å²) in [4.78, 5) is 41.0. The maximum Gasteiger partial charge on any atom is 0.252 e. The molecule has 1 aliphatic heterocycles. The molecule has 128 valence electrons. The fourth-order valence-corrected chi connectivity index (χ4v) is 3.75. The van der Waals surface area contributed by atoms with Gasteiger partial charge in [0.25, 0.3) is 5.91 Å². The SMILES string of the molecule is Cc1cccc2c(C(=O)NC3CCC(=O)NC3=O)c3c(nc12)CCC3. The van der Waals surface area contributed by atoms with E-state index in [9.17, 15) is 14.4 Å². The quantitative estimate of drug-likeness (QED) is 0.814. The number of aryl methyl sites for hydroxylation is 2. The van der Waals surface area contributed by atoms with Crippen molar-refractivity contribution in [2.24, 2.45) is 0 Å². The van der Waals surface area contributed by atoms with Crippen molar-refractivity contribution in [3.8, 4) is 0 Å². The number of hydrogen-bond acceptors (Lipinski definition) is 4. The minimum Gasteiger partial charge on any atom is -0.340 e. The summed E-state index contributed by atoms with van der Waals surface area (Å²) < 4.78 is 0. The molecule has 0 spiro atoms. The van der Waals surface area contributed by atoms with Gasteiger partial charge in [-0.2, -0.15) is 0 Å². The Morgan fingerprint density at radius 1 is 1.24 bits per heavy atom. The average molecular weight is 337 g/mol. The van der Waals surface area contributed by atoms with Crippen LogP contribution in [-0.2, 0) is 22.4 Å². The monoisotopic (exact) mass is 337 g/mol. The predicted octanol–water partition coefficient (Wildman–Crippen LogP) is 1.57. The predicted molar refractivity (Wildman–Crippen MR) is 92.1 cm³/mol. The Morgan fingerprint density at radius 3 is 2.88 bits per heavy atom. The zero-order valence-corrected chi connectivity index (χ0v) is 14.0. The number of piperidine rings is 1. The highest BCUT2D eigenvalue weighted by Gasteiger charge is 2.30. The topological polar surface area (TPSA) is 88.2 Å². The van der Waals surface area contributed by atoms with Crippen LogP contribution in [0.3, 0.4) is 0 Å². The first-order valence-electron chi connectivity index (χ1n) is 8.60. The summed E-state index contributed by atoms with van der Waals surface area (Å²) in [6.45, 7) is 1.98. The largest absolute Gasteiger partial charge is 0.340 e. The van der Waals surface area contributed by atoms with Gasteiger partial charge < -0.3 is 5.32 Å². The number of carbonyl (C=O) groups excluding carboxylic acids is 3. The third kappa shape index (κ3) is 2.67. The van der Waals surface area contributed by atoms with Gasteiger partial charge in [0.15, 0.2) is 0 Å². The van der Waals surface area contributed by atoms with Crippen molar-refractivity contribution in [2.45, 2.75) is 45.1 Å². The lowest BCUT2D eigenvalue weighted by molar-refractivity contribution is -0.134. The van der Waals surface area contributed by atoms with Gasteiger partial charge in [-0.25, -0.2) is 0 Å². The smallest absolute Gasteiger partial charge is 0.252 e. The zero-order valence-electron chi connectivity index (χ0n) is 14.0. The highest BCUT2D eigenvalue weighted by atomic mass is 16.2. The average Bonchev–Trinajstić information content (AvgIpc) is 3.04. The lowest BCUT2D eigenvalue weighted by Crippen LogP contribution is -2.52. The van der Waals surface area contributed by atoms with Gasteiger partial charge in [-0.1, -0.05) is 18.2 Å². The first kappa shape index (κ1) is 15.7. The van der Waals surface area contributed by atoms with Crippen molar-refractivity contribution < 1.29 is 14.4 Å². The van der Waals surface area contributed by atoms with Crippen LogP contribution in [0.1, 0.15) is 46.4 Å². The van der Waals surface area contributed by atoms with Gasteiger partial charge in [0.1, 0.15) is 6.04 Å². The van der Waals surface area contributed by atoms with E-state index in [1.165, 1.54) is 0 Å². The molecule has 25 heavy (non-hydrogen) atoms. The van der Waals surface area contributed by atoms with Crippen molar-refractivity contribution in [2.75, 3.05) is 0 Å². The van der Waals surface area contributed by atoms with Crippen LogP contribution >= 0.6 is 0 Å². The Labute approximate surface area is 145 Å². The maximum absolute atomic E-state index is 13.0. The van der Waals surface area contributed by atoms with Gasteiger partial charge in [0, 0.05) is 17.5 Å². The molecule has 1 fully saturated rings. The minimum atomic E-state index is -0.671. The first-order chi connectivity index (χ1) is 12.0. The highest BCUT2D eigenvalue weighted by molar-refractivity contribution is 6.10. The van der Waals surface area contributed by atoms with E-state index >= 15 is 0 Å². The summed E-state index contributed by atoms with van der Waals surface area (Å²) in [5.41, 5.74) is 4.47. The zero-order chi connectivity index (χ0) is 17.6. The van der Waals surface area contributed by atoms with Crippen molar-refractivity contribution in [1.82, 2.24) is 15.6 Å². The lowest BCUT2D eigenvalue weighted by Gasteiger charge is -2.23. The second kappa shape index (κ2) is 5.95. The van der Waals surface area contributed by atoms with Crippen LogP contribution in [0, 0.1) is 6.92 Å². The molecule has 0 saturated carbocycles. The number of nitrogens with zero attached hydrogens (tertiary/aromatic N) is 1. The van der Waals surface area contributed by atoms with E-state index in [-0.39, 0.29) is 18.2 Å². The lowest BCUT2D eigenvalue weighted by atomic mass is 9.97. The van der Waals surface area contributed by atoms with Gasteiger partial charge in [-0.15, -0.1) is 0 Å². The number of rotatable bonds is 2. The molecule has 2 aliphatic rings. The van der Waals surface area contributed by atoms with E-state index in [0.29, 0.717) is 12.0 Å². The number of benzene rings is 1. The molecule has 3 amide bonds. The first-order valence-corrected chi connectivity index (χ1v) is 8.60. The molecule has 0 bridgehead atoms. The van der Waals surface area contributed by atoms with Gasteiger partial charge in [-0.05, 0) is 43.7 Å². The molecule has 0 radical (unpaired) electrons. The molecular formula is C19H19N3O3. The number of carbonyl (C=O) groups is 3. The summed E-state index contributed by atoms with van der Waals surface area (Å²) in [5.74, 6) is -0.984. The van der Waals surface area contributed by atoms with Crippen molar-refractivity contribution in [3.05, 3.63) is 40.6 Å². The molecule has 1 saturated heterocycles. The summed E-state index contributed by atoms with van der Waals surface area (Å²) in [7, 11) is 0. The van der Waals surface area contributed by atoms with Crippen molar-refractivity contribution in [3.63, 3.8) is 0 Å². The molecule has 2 aromatic rings. The van der Waals surface area contributed by atoms with Gasteiger partial charge in [0.2, 0.25) is 11.8 Å². The number of hydrogen-bond donors (Lipinski definition) is 2. The molecule has 1 unspecified atom stereocenters. The van der Waals surface area contributed by atoms with Crippen LogP contribution in [0.4, 0.5) is 0 Å². The number of aromatic nitrogens is 1. The van der Waals surface area contributed by atoms with Crippen LogP contribution in [0.2, 0.25) is 0 Å². The Kier molecular flexibility index (Phi) is 3.75. The van der Waals surface area contributed by atoms with Crippen LogP contribution in [0.15, 0.2) is 18.2 Å². The Hall–Kier alpha value is -2.76. The maximum atomic E-state index is 13.0. The number of imide groups is 1. The standard InChI is InChI=1S/C19H19N3O3/c1-10-4-2-6-12-16(11-5-3-7-13(11)20-17(10)12)19(25)21-14-8-9-15(23)22-18(14)24/h2,4,6,14H,3,5,7-9H2,1H3,(H,21,25)(H,22,23,24). The van der Waals surface area contributed by atoms with Crippen LogP contribution in [0.5, 0.6) is 0 Å². The second-order valence-electron chi connectivity index (χ2n) is 6.71. The third-order valence-corrected chi connectivity index (χ3v) is 5.02. The Morgan fingerprint density at radius 2 is 2.08 bits per heavy atom. The van der Waals surface area contributed by atoms with Crippen LogP contribution in [0.25, 0.3) is 10.9 Å². The molecule has 6 heteroatoms. The van der Waals surface area contributed by atoms with E-state index in [1.54, 1.807) is 0 Å². The van der Waals surface area contributed by atoms with E-state index in [4.69, 9.17) is 4.98 Å². The van der Waals surface area contributed by atoms with Crippen LogP contribution in [-0.4, -0.2) is 28.7 Å². The van der Waals surface area contributed by atoms with Gasteiger partial charge >= 0.3 is 0 Å². The van der Waals surface area contributed by atoms with E-state index in [0.717, 1.165) is 47.0 Å². The molecule has 1 aromatic carbocycles. The van der Waals surface area contributed by atoms with Gasteiger partial charge in [0.05, 0.1) is 11.1 Å². The fourth-order valence-electron chi connectivity index (χ4n) is 3.75. The molecule has 2 heterocycles. The molecular weight excluding hydrogens is 318 g/mol. The summed E-state index contributed by atoms with van der Waals surface area (Å²) in [6.07, 6.45) is 3.25. The minimum absolute atomic E-state index is 0.241. The Bertz CT molecular complexity index is 920. The van der Waals surface area contributed by atoms with Gasteiger partial charge in [-0.3, -0.25) is 24.7 Å². The second-order valence-corrected chi connectivity index (χ2v) is 6.71. The van der Waals surface area contributed by atoms with Crippen molar-refractivity contribution >= 4 is 28.6 Å². The van der Waals surface area contributed by atoms with E-state index in [1.807, 2.05) is 25.1 Å². The summed E-state index contributed by atoms with van der Waals surface area (Å²) in [6, 6.07) is 5.14. The fraction of sp³-hybridized carbons (Fsp3) is 0.368. The van der Waals surface area contributed by atoms with E-state index in [2.05, 4.69) is 10.6 Å². The summed E-state index contributed by atoms with van der Waals surface area (Å²) >= 11 is 0. The number of amides is 3. The molecule has 1 atom stereocenters. The Balaban J connectivity index is 1.75. The highest BCUT2D eigenvalue weighted by Crippen LogP contribution is 2.31. The third-order valence-electron chi connectivity index (χ3n) is 5.02. The summed E-state index contributed by atoms with van der Waals surface area (Å²) in [5, 5.41) is 5.92. The van der Waals surface area contributed by atoms with Crippen molar-refractivity contribution in [1.29, 1.82) is 0 Å².